The number of hydrogen-bond donors (Lipinski definition) is 2. The summed E-state index contributed by atoms with van der Waals surface area (Å²) in [5.74, 6) is -1.29. The maximum absolute atomic E-state index is 11.7. The van der Waals surface area contributed by atoms with Gasteiger partial charge in [-0.1, -0.05) is 0 Å². The van der Waals surface area contributed by atoms with Crippen molar-refractivity contribution in [1.82, 2.24) is 5.32 Å². The number of amides is 1. The Bertz CT molecular complexity index is 227. The molecule has 0 radical (unpaired) electrons. The summed E-state index contributed by atoms with van der Waals surface area (Å²) in [6.45, 7) is 0.204. The predicted molar refractivity (Wildman–Crippen MR) is 40.4 cm³/mol. The molecule has 0 aromatic carbocycles. The molecular formula is C7H10F3NO3. The smallest absolute Gasteiger partial charge is 0.382 e. The molecule has 2 N–H and O–H groups in total. The first-order chi connectivity index (χ1) is 6.23. The summed E-state index contributed by atoms with van der Waals surface area (Å²) in [6.07, 6.45) is -7.84. The minimum Gasteiger partial charge on any atom is -0.382 e. The van der Waals surface area contributed by atoms with E-state index in [9.17, 15) is 22.8 Å². The van der Waals surface area contributed by atoms with Crippen molar-refractivity contribution in [2.24, 2.45) is 0 Å². The number of aliphatic hydroxyl groups excluding tert-OH is 1. The van der Waals surface area contributed by atoms with E-state index in [1.807, 2.05) is 0 Å². The summed E-state index contributed by atoms with van der Waals surface area (Å²) < 4.78 is 35.1. The number of rotatable bonds is 4. The summed E-state index contributed by atoms with van der Waals surface area (Å²) in [4.78, 5) is 21.0. The number of carbonyl (C=O) groups is 2. The summed E-state index contributed by atoms with van der Waals surface area (Å²) in [7, 11) is 0. The standard InChI is InChI=1S/C7H10F3NO3/c1-4(12)2-6(14)11-3-5(13)7(8,9)10/h5,13H,2-3H2,1H3,(H,11,14). The van der Waals surface area contributed by atoms with Gasteiger partial charge in [-0.3, -0.25) is 9.59 Å². The highest BCUT2D eigenvalue weighted by atomic mass is 19.4. The Morgan fingerprint density at radius 1 is 1.43 bits per heavy atom. The van der Waals surface area contributed by atoms with Gasteiger partial charge in [0.15, 0.2) is 6.10 Å². The third-order valence-electron chi connectivity index (χ3n) is 1.28. The van der Waals surface area contributed by atoms with Crippen molar-refractivity contribution in [2.75, 3.05) is 6.54 Å². The molecule has 0 fully saturated rings. The zero-order chi connectivity index (χ0) is 11.4. The van der Waals surface area contributed by atoms with E-state index in [0.29, 0.717) is 0 Å². The van der Waals surface area contributed by atoms with Crippen molar-refractivity contribution in [1.29, 1.82) is 0 Å². The molecule has 0 saturated heterocycles. The number of Topliss-reactive ketones (excluding diaryl/α,β-unsaturated/α-hetero) is 1. The highest BCUT2D eigenvalue weighted by Crippen LogP contribution is 2.19. The van der Waals surface area contributed by atoms with E-state index in [2.05, 4.69) is 0 Å². The molecule has 14 heavy (non-hydrogen) atoms. The first-order valence-corrected chi connectivity index (χ1v) is 3.74. The molecular weight excluding hydrogens is 203 g/mol. The number of alkyl halides is 3. The molecule has 4 nitrogen and oxygen atoms in total. The largest absolute Gasteiger partial charge is 0.416 e. The van der Waals surface area contributed by atoms with Gasteiger partial charge in [-0.25, -0.2) is 0 Å². The van der Waals surface area contributed by atoms with E-state index < -0.39 is 36.9 Å². The van der Waals surface area contributed by atoms with Gasteiger partial charge in [0.2, 0.25) is 5.91 Å². The molecule has 0 bridgehead atoms. The average molecular weight is 213 g/mol. The van der Waals surface area contributed by atoms with Crippen LogP contribution in [0.4, 0.5) is 13.2 Å². The molecule has 0 aliphatic heterocycles. The van der Waals surface area contributed by atoms with Gasteiger partial charge in [0, 0.05) is 0 Å². The van der Waals surface area contributed by atoms with Gasteiger partial charge in [-0.2, -0.15) is 13.2 Å². The topological polar surface area (TPSA) is 66.4 Å². The summed E-state index contributed by atoms with van der Waals surface area (Å²) in [5, 5.41) is 10.2. The Morgan fingerprint density at radius 2 is 1.93 bits per heavy atom. The molecule has 0 aliphatic carbocycles. The highest BCUT2D eigenvalue weighted by Gasteiger charge is 2.38. The van der Waals surface area contributed by atoms with E-state index in [1.165, 1.54) is 0 Å². The molecule has 82 valence electrons. The van der Waals surface area contributed by atoms with Gasteiger partial charge in [0.1, 0.15) is 5.78 Å². The Morgan fingerprint density at radius 3 is 2.29 bits per heavy atom. The zero-order valence-electron chi connectivity index (χ0n) is 7.39. The molecule has 1 amide bonds. The Labute approximate surface area is 78.1 Å². The number of halogens is 3. The van der Waals surface area contributed by atoms with E-state index >= 15 is 0 Å². The first kappa shape index (κ1) is 12.9. The lowest BCUT2D eigenvalue weighted by Crippen LogP contribution is -2.41. The zero-order valence-corrected chi connectivity index (χ0v) is 7.39. The molecule has 0 spiro atoms. The molecule has 0 saturated carbocycles. The van der Waals surface area contributed by atoms with E-state index in [0.717, 1.165) is 6.92 Å². The highest BCUT2D eigenvalue weighted by molar-refractivity contribution is 5.96. The van der Waals surface area contributed by atoms with Crippen molar-refractivity contribution in [2.45, 2.75) is 25.6 Å². The number of nitrogens with one attached hydrogen (secondary N) is 1. The lowest BCUT2D eigenvalue weighted by Gasteiger charge is -2.14. The number of ketones is 1. The lowest BCUT2D eigenvalue weighted by atomic mass is 10.3. The second kappa shape index (κ2) is 4.94. The fourth-order valence-corrected chi connectivity index (χ4v) is 0.615. The maximum Gasteiger partial charge on any atom is 0.416 e. The van der Waals surface area contributed by atoms with Gasteiger partial charge in [-0.15, -0.1) is 0 Å². The SMILES string of the molecule is CC(=O)CC(=O)NCC(O)C(F)(F)F. The monoisotopic (exact) mass is 213 g/mol. The summed E-state index contributed by atoms with van der Waals surface area (Å²) in [6, 6.07) is 0. The molecule has 0 rings (SSSR count). The van der Waals surface area contributed by atoms with Crippen molar-refractivity contribution < 1.29 is 27.9 Å². The second-order valence-electron chi connectivity index (χ2n) is 2.74. The molecule has 0 aromatic rings. The minimum atomic E-state index is -4.76. The molecule has 1 atom stereocenters. The molecule has 0 aliphatic rings. The number of carbonyl (C=O) groups excluding carboxylic acids is 2. The molecule has 0 heterocycles. The van der Waals surface area contributed by atoms with Gasteiger partial charge >= 0.3 is 6.18 Å². The van der Waals surface area contributed by atoms with Crippen molar-refractivity contribution >= 4 is 11.7 Å². The lowest BCUT2D eigenvalue weighted by molar-refractivity contribution is -0.201. The van der Waals surface area contributed by atoms with Crippen LogP contribution in [0.5, 0.6) is 0 Å². The van der Waals surface area contributed by atoms with Crippen LogP contribution < -0.4 is 5.32 Å². The van der Waals surface area contributed by atoms with Crippen LogP contribution in [-0.2, 0) is 9.59 Å². The Hall–Kier alpha value is -1.11. The first-order valence-electron chi connectivity index (χ1n) is 3.74. The normalized spacial score (nSPS) is 13.5. The molecule has 7 heteroatoms. The Kier molecular flexibility index (Phi) is 4.55. The van der Waals surface area contributed by atoms with Gasteiger partial charge in [0.25, 0.3) is 0 Å². The van der Waals surface area contributed by atoms with E-state index in [1.54, 1.807) is 5.32 Å². The fourth-order valence-electron chi connectivity index (χ4n) is 0.615. The predicted octanol–water partition coefficient (Wildman–Crippen LogP) is 0.00490. The van der Waals surface area contributed by atoms with Crippen LogP contribution in [0.3, 0.4) is 0 Å². The van der Waals surface area contributed by atoms with Crippen LogP contribution in [0.1, 0.15) is 13.3 Å². The van der Waals surface area contributed by atoms with Crippen LogP contribution in [0.15, 0.2) is 0 Å². The van der Waals surface area contributed by atoms with Gasteiger partial charge in [-0.05, 0) is 6.92 Å². The summed E-state index contributed by atoms with van der Waals surface area (Å²) >= 11 is 0. The molecule has 0 aromatic heterocycles. The third kappa shape index (κ3) is 5.52. The molecule has 1 unspecified atom stereocenters. The third-order valence-corrected chi connectivity index (χ3v) is 1.28. The van der Waals surface area contributed by atoms with Crippen LogP contribution in [0.2, 0.25) is 0 Å². The van der Waals surface area contributed by atoms with Crippen molar-refractivity contribution in [3.05, 3.63) is 0 Å². The van der Waals surface area contributed by atoms with E-state index in [-0.39, 0.29) is 0 Å². The van der Waals surface area contributed by atoms with Crippen LogP contribution in [0, 0.1) is 0 Å². The maximum atomic E-state index is 11.7. The summed E-state index contributed by atoms with van der Waals surface area (Å²) in [5.41, 5.74) is 0. The van der Waals surface area contributed by atoms with Crippen LogP contribution >= 0.6 is 0 Å². The van der Waals surface area contributed by atoms with Gasteiger partial charge < -0.3 is 10.4 Å². The number of hydrogen-bond acceptors (Lipinski definition) is 3. The Balaban J connectivity index is 3.84. The van der Waals surface area contributed by atoms with Crippen molar-refractivity contribution in [3.8, 4) is 0 Å². The number of aliphatic hydroxyl groups is 1. The van der Waals surface area contributed by atoms with Gasteiger partial charge in [0.05, 0.1) is 13.0 Å². The fraction of sp³-hybridized carbons (Fsp3) is 0.714. The van der Waals surface area contributed by atoms with Crippen LogP contribution in [-0.4, -0.2) is 35.6 Å². The van der Waals surface area contributed by atoms with Crippen LogP contribution in [0.25, 0.3) is 0 Å². The van der Waals surface area contributed by atoms with E-state index in [4.69, 9.17) is 5.11 Å². The minimum absolute atomic E-state index is 0.455. The average Bonchev–Trinajstić information content (AvgIpc) is 1.96. The quantitative estimate of drug-likeness (QED) is 0.646. The van der Waals surface area contributed by atoms with Crippen molar-refractivity contribution in [3.63, 3.8) is 0 Å². The second-order valence-corrected chi connectivity index (χ2v) is 2.74.